The maximum atomic E-state index is 6.00. The molecule has 1 atom stereocenters. The van der Waals surface area contributed by atoms with Gasteiger partial charge in [0.25, 0.3) is 0 Å². The second-order valence-corrected chi connectivity index (χ2v) is 7.62. The second-order valence-electron chi connectivity index (χ2n) is 4.14. The Morgan fingerprint density at radius 3 is 3.17 bits per heavy atom. The molecule has 0 aliphatic carbocycles. The maximum absolute atomic E-state index is 6.00. The van der Waals surface area contributed by atoms with E-state index in [9.17, 15) is 0 Å². The molecular formula is C11H13BrN4S2. The van der Waals surface area contributed by atoms with Crippen LogP contribution in [0, 0.1) is 0 Å². The number of halogens is 1. The second kappa shape index (κ2) is 5.30. The molecule has 0 amide bonds. The highest BCUT2D eigenvalue weighted by Gasteiger charge is 2.18. The molecule has 7 heteroatoms. The quantitative estimate of drug-likeness (QED) is 0.907. The first-order valence-electron chi connectivity index (χ1n) is 5.70. The van der Waals surface area contributed by atoms with Crippen molar-refractivity contribution in [3.05, 3.63) is 16.7 Å². The third-order valence-electron chi connectivity index (χ3n) is 2.85. The van der Waals surface area contributed by atoms with Gasteiger partial charge in [0.1, 0.15) is 5.52 Å². The molecule has 1 fully saturated rings. The number of anilines is 1. The molecule has 1 aliphatic heterocycles. The number of nitrogen functional groups attached to an aromatic ring is 1. The van der Waals surface area contributed by atoms with Gasteiger partial charge in [-0.25, -0.2) is 9.97 Å². The first-order valence-corrected chi connectivity index (χ1v) is 8.70. The van der Waals surface area contributed by atoms with Crippen LogP contribution < -0.4 is 5.73 Å². The summed E-state index contributed by atoms with van der Waals surface area (Å²) in [5, 5.41) is 0.605. The van der Waals surface area contributed by atoms with Crippen molar-refractivity contribution in [3.8, 4) is 0 Å². The summed E-state index contributed by atoms with van der Waals surface area (Å²) in [6.45, 7) is 0.897. The Morgan fingerprint density at radius 2 is 2.39 bits per heavy atom. The highest BCUT2D eigenvalue weighted by molar-refractivity contribution is 9.10. The van der Waals surface area contributed by atoms with Crippen LogP contribution in [-0.2, 0) is 6.54 Å². The number of nitrogens with zero attached hydrogens (tertiary/aromatic N) is 3. The number of hydrogen-bond donors (Lipinski definition) is 1. The molecule has 3 heterocycles. The number of hydrogen-bond acceptors (Lipinski definition) is 5. The van der Waals surface area contributed by atoms with Crippen molar-refractivity contribution in [2.45, 2.75) is 11.8 Å². The summed E-state index contributed by atoms with van der Waals surface area (Å²) in [4.78, 5) is 8.80. The number of nitrogens with two attached hydrogens (primary N) is 1. The lowest BCUT2D eigenvalue weighted by Crippen LogP contribution is -2.21. The van der Waals surface area contributed by atoms with E-state index in [1.165, 1.54) is 17.3 Å². The Kier molecular flexibility index (Phi) is 3.72. The SMILES string of the molecule is Nc1nc2cc(Br)cnc2n1CC1CSCCS1. The molecule has 1 saturated heterocycles. The summed E-state index contributed by atoms with van der Waals surface area (Å²) in [7, 11) is 0. The van der Waals surface area contributed by atoms with Gasteiger partial charge in [0.2, 0.25) is 5.95 Å². The number of aromatic nitrogens is 3. The van der Waals surface area contributed by atoms with Gasteiger partial charge >= 0.3 is 0 Å². The van der Waals surface area contributed by atoms with Crippen molar-refractivity contribution in [2.75, 3.05) is 23.0 Å². The van der Waals surface area contributed by atoms with Gasteiger partial charge in [-0.1, -0.05) is 0 Å². The molecule has 4 nitrogen and oxygen atoms in total. The molecule has 1 aliphatic rings. The minimum absolute atomic E-state index is 0.562. The van der Waals surface area contributed by atoms with Crippen molar-refractivity contribution >= 4 is 56.6 Å². The third kappa shape index (κ3) is 2.48. The highest BCUT2D eigenvalue weighted by Crippen LogP contribution is 2.27. The molecule has 0 bridgehead atoms. The first-order chi connectivity index (χ1) is 8.74. The van der Waals surface area contributed by atoms with E-state index >= 15 is 0 Å². The van der Waals surface area contributed by atoms with E-state index in [-0.39, 0.29) is 0 Å². The Morgan fingerprint density at radius 1 is 1.50 bits per heavy atom. The lowest BCUT2D eigenvalue weighted by molar-refractivity contribution is 0.718. The van der Waals surface area contributed by atoms with E-state index in [0.717, 1.165) is 22.2 Å². The molecule has 2 aromatic rings. The largest absolute Gasteiger partial charge is 0.369 e. The van der Waals surface area contributed by atoms with Gasteiger partial charge in [-0.15, -0.1) is 0 Å². The normalized spacial score (nSPS) is 20.4. The van der Waals surface area contributed by atoms with E-state index in [1.54, 1.807) is 6.20 Å². The van der Waals surface area contributed by atoms with E-state index in [4.69, 9.17) is 5.73 Å². The molecule has 0 spiro atoms. The monoisotopic (exact) mass is 344 g/mol. The average Bonchev–Trinajstić information content (AvgIpc) is 2.66. The summed E-state index contributed by atoms with van der Waals surface area (Å²) >= 11 is 7.44. The smallest absolute Gasteiger partial charge is 0.202 e. The predicted molar refractivity (Wildman–Crippen MR) is 83.2 cm³/mol. The zero-order valence-corrected chi connectivity index (χ0v) is 12.9. The van der Waals surface area contributed by atoms with Crippen LogP contribution in [0.25, 0.3) is 11.2 Å². The summed E-state index contributed by atoms with van der Waals surface area (Å²) in [6.07, 6.45) is 1.79. The molecule has 0 saturated carbocycles. The van der Waals surface area contributed by atoms with Crippen LogP contribution in [-0.4, -0.2) is 37.0 Å². The van der Waals surface area contributed by atoms with E-state index in [0.29, 0.717) is 11.2 Å². The van der Waals surface area contributed by atoms with Crippen LogP contribution in [0.3, 0.4) is 0 Å². The van der Waals surface area contributed by atoms with Crippen molar-refractivity contribution in [3.63, 3.8) is 0 Å². The summed E-state index contributed by atoms with van der Waals surface area (Å²) < 4.78 is 2.97. The fourth-order valence-electron chi connectivity index (χ4n) is 2.03. The van der Waals surface area contributed by atoms with Gasteiger partial charge in [-0.3, -0.25) is 4.57 Å². The van der Waals surface area contributed by atoms with Crippen molar-refractivity contribution in [1.82, 2.24) is 14.5 Å². The van der Waals surface area contributed by atoms with Gasteiger partial charge in [-0.05, 0) is 22.0 Å². The molecule has 18 heavy (non-hydrogen) atoms. The molecule has 1 unspecified atom stereocenters. The van der Waals surface area contributed by atoms with Crippen LogP contribution in [0.2, 0.25) is 0 Å². The highest BCUT2D eigenvalue weighted by atomic mass is 79.9. The lowest BCUT2D eigenvalue weighted by Gasteiger charge is -2.21. The van der Waals surface area contributed by atoms with Gasteiger partial charge in [0.15, 0.2) is 5.65 Å². The Balaban J connectivity index is 1.92. The number of rotatable bonds is 2. The Bertz CT molecular complexity index is 565. The van der Waals surface area contributed by atoms with Crippen LogP contribution in [0.4, 0.5) is 5.95 Å². The maximum Gasteiger partial charge on any atom is 0.202 e. The van der Waals surface area contributed by atoms with Gasteiger partial charge in [-0.2, -0.15) is 23.5 Å². The molecule has 2 aromatic heterocycles. The van der Waals surface area contributed by atoms with Crippen molar-refractivity contribution in [1.29, 1.82) is 0 Å². The van der Waals surface area contributed by atoms with Crippen LogP contribution in [0.5, 0.6) is 0 Å². The number of imidazole rings is 1. The number of thioether (sulfide) groups is 2. The average molecular weight is 345 g/mol. The summed E-state index contributed by atoms with van der Waals surface area (Å²) in [5.74, 6) is 4.22. The first kappa shape index (κ1) is 12.6. The van der Waals surface area contributed by atoms with E-state index < -0.39 is 0 Å². The molecule has 96 valence electrons. The van der Waals surface area contributed by atoms with Gasteiger partial charge < -0.3 is 5.73 Å². The third-order valence-corrected chi connectivity index (χ3v) is 6.11. The number of pyridine rings is 1. The van der Waals surface area contributed by atoms with Crippen LogP contribution >= 0.6 is 39.5 Å². The zero-order chi connectivity index (χ0) is 12.5. The fourth-order valence-corrected chi connectivity index (χ4v) is 5.00. The van der Waals surface area contributed by atoms with Gasteiger partial charge in [0, 0.05) is 39.7 Å². The van der Waals surface area contributed by atoms with Crippen molar-refractivity contribution in [2.24, 2.45) is 0 Å². The summed E-state index contributed by atoms with van der Waals surface area (Å²) in [6, 6.07) is 1.96. The Hall–Kier alpha value is -0.400. The topological polar surface area (TPSA) is 56.7 Å². The lowest BCUT2D eigenvalue weighted by atomic mass is 10.4. The molecular weight excluding hydrogens is 332 g/mol. The number of fused-ring (bicyclic) bond motifs is 1. The molecule has 2 N–H and O–H groups in total. The van der Waals surface area contributed by atoms with Crippen LogP contribution in [0.1, 0.15) is 0 Å². The minimum Gasteiger partial charge on any atom is -0.369 e. The molecule has 0 radical (unpaired) electrons. The predicted octanol–water partition coefficient (Wildman–Crippen LogP) is 2.62. The van der Waals surface area contributed by atoms with Crippen molar-refractivity contribution < 1.29 is 0 Å². The molecule has 3 rings (SSSR count). The van der Waals surface area contributed by atoms with E-state index in [2.05, 4.69) is 25.9 Å². The van der Waals surface area contributed by atoms with Crippen LogP contribution in [0.15, 0.2) is 16.7 Å². The molecule has 0 aromatic carbocycles. The Labute approximate surface area is 122 Å². The fraction of sp³-hybridized carbons (Fsp3) is 0.455. The minimum atomic E-state index is 0.562. The van der Waals surface area contributed by atoms with E-state index in [1.807, 2.05) is 34.2 Å². The van der Waals surface area contributed by atoms with Gasteiger partial charge in [0.05, 0.1) is 0 Å². The standard InChI is InChI=1S/C11H13BrN4S2/c12-7-3-9-10(14-4-7)16(11(13)15-9)5-8-6-17-1-2-18-8/h3-4,8H,1-2,5-6H2,(H2,13,15). The zero-order valence-electron chi connectivity index (χ0n) is 9.67. The summed E-state index contributed by atoms with van der Waals surface area (Å²) in [5.41, 5.74) is 7.74.